The van der Waals surface area contributed by atoms with Crippen molar-refractivity contribution < 1.29 is 35.3 Å². The van der Waals surface area contributed by atoms with E-state index in [4.69, 9.17) is 0 Å². The van der Waals surface area contributed by atoms with Gasteiger partial charge in [0.25, 0.3) is 5.91 Å². The Balaban J connectivity index is 2.58. The van der Waals surface area contributed by atoms with Gasteiger partial charge in [0, 0.05) is 16.7 Å². The molecule has 0 aliphatic heterocycles. The van der Waals surface area contributed by atoms with Crippen LogP contribution < -0.4 is 0 Å². The fourth-order valence-corrected chi connectivity index (χ4v) is 3.30. The van der Waals surface area contributed by atoms with Gasteiger partial charge in [0.2, 0.25) is 0 Å². The first-order valence-electron chi connectivity index (χ1n) is 7.33. The van der Waals surface area contributed by atoms with Crippen molar-refractivity contribution >= 4 is 15.6 Å². The number of hydrogen-bond acceptors (Lipinski definition) is 2. The van der Waals surface area contributed by atoms with Crippen molar-refractivity contribution in [3.05, 3.63) is 64.7 Å². The van der Waals surface area contributed by atoms with Gasteiger partial charge in [-0.2, -0.15) is 30.7 Å². The number of amides is 1. The summed E-state index contributed by atoms with van der Waals surface area (Å²) >= 11 is 0. The third kappa shape index (κ3) is 5.09. The fourth-order valence-electron chi connectivity index (χ4n) is 2.13. The van der Waals surface area contributed by atoms with Crippen molar-refractivity contribution in [3.8, 4) is 0 Å². The molecule has 2 rings (SSSR count). The summed E-state index contributed by atoms with van der Waals surface area (Å²) in [6.45, 7) is 1.75. The maximum absolute atomic E-state index is 12.9. The first-order chi connectivity index (χ1) is 12.2. The SMILES string of the molecule is Cc1ccc([S@@](C)(=O)=NC(=O)c2cc(C(F)(F)F)cc(C(F)(F)F)c2)cc1. The van der Waals surface area contributed by atoms with Crippen molar-refractivity contribution in [2.45, 2.75) is 24.2 Å². The van der Waals surface area contributed by atoms with Crippen molar-refractivity contribution in [2.24, 2.45) is 4.36 Å². The predicted molar refractivity (Wildman–Crippen MR) is 86.7 cm³/mol. The average molecular weight is 409 g/mol. The van der Waals surface area contributed by atoms with Crippen molar-refractivity contribution in [2.75, 3.05) is 6.26 Å². The lowest BCUT2D eigenvalue weighted by molar-refractivity contribution is -0.143. The van der Waals surface area contributed by atoms with Gasteiger partial charge in [-0.15, -0.1) is 0 Å². The van der Waals surface area contributed by atoms with E-state index in [0.29, 0.717) is 0 Å². The molecule has 0 N–H and O–H groups in total. The van der Waals surface area contributed by atoms with Crippen LogP contribution in [0.5, 0.6) is 0 Å². The predicted octanol–water partition coefficient (Wildman–Crippen LogP) is 5.33. The number of rotatable bonds is 2. The van der Waals surface area contributed by atoms with Crippen LogP contribution in [0.2, 0.25) is 0 Å². The lowest BCUT2D eigenvalue weighted by atomic mass is 10.0. The van der Waals surface area contributed by atoms with Crippen LogP contribution in [0.25, 0.3) is 0 Å². The van der Waals surface area contributed by atoms with E-state index in [9.17, 15) is 35.3 Å². The van der Waals surface area contributed by atoms with Crippen LogP contribution in [0.15, 0.2) is 51.7 Å². The number of alkyl halides is 6. The van der Waals surface area contributed by atoms with Crippen LogP contribution in [0.4, 0.5) is 26.3 Å². The monoisotopic (exact) mass is 409 g/mol. The normalized spacial score (nSPS) is 14.5. The van der Waals surface area contributed by atoms with E-state index < -0.39 is 44.7 Å². The number of nitrogens with zero attached hydrogens (tertiary/aromatic N) is 1. The van der Waals surface area contributed by atoms with Crippen LogP contribution in [0, 0.1) is 6.92 Å². The molecule has 0 unspecified atom stereocenters. The van der Waals surface area contributed by atoms with E-state index >= 15 is 0 Å². The molecular formula is C17H13F6NO2S. The Morgan fingerprint density at radius 2 is 1.33 bits per heavy atom. The van der Waals surface area contributed by atoms with E-state index in [1.54, 1.807) is 19.1 Å². The number of aryl methyl sites for hydroxylation is 1. The van der Waals surface area contributed by atoms with Gasteiger partial charge in [-0.1, -0.05) is 17.7 Å². The molecule has 0 spiro atoms. The Morgan fingerprint density at radius 1 is 0.889 bits per heavy atom. The van der Waals surface area contributed by atoms with Gasteiger partial charge in [-0.3, -0.25) is 4.79 Å². The van der Waals surface area contributed by atoms with Crippen LogP contribution >= 0.6 is 0 Å². The Bertz CT molecular complexity index is 952. The lowest BCUT2D eigenvalue weighted by Crippen LogP contribution is -2.13. The van der Waals surface area contributed by atoms with Gasteiger partial charge in [-0.05, 0) is 37.3 Å². The molecule has 0 aliphatic rings. The smallest absolute Gasteiger partial charge is 0.266 e. The highest BCUT2D eigenvalue weighted by Gasteiger charge is 2.37. The van der Waals surface area contributed by atoms with Crippen LogP contribution in [0.3, 0.4) is 0 Å². The molecule has 0 saturated carbocycles. The molecular weight excluding hydrogens is 396 g/mol. The summed E-state index contributed by atoms with van der Waals surface area (Å²) in [5.41, 5.74) is -3.41. The molecule has 0 aromatic heterocycles. The minimum absolute atomic E-state index is 0.0972. The molecule has 0 bridgehead atoms. The first-order valence-corrected chi connectivity index (χ1v) is 9.25. The molecule has 2 aromatic rings. The van der Waals surface area contributed by atoms with Gasteiger partial charge >= 0.3 is 12.4 Å². The Labute approximate surface area is 151 Å². The summed E-state index contributed by atoms with van der Waals surface area (Å²) in [6.07, 6.45) is -9.12. The Morgan fingerprint density at radius 3 is 1.74 bits per heavy atom. The number of benzene rings is 2. The third-order valence-corrected chi connectivity index (χ3v) is 5.21. The molecule has 3 nitrogen and oxygen atoms in total. The summed E-state index contributed by atoms with van der Waals surface area (Å²) in [5, 5.41) is 0. The highest BCUT2D eigenvalue weighted by Crippen LogP contribution is 2.36. The van der Waals surface area contributed by atoms with E-state index in [1.165, 1.54) is 12.1 Å². The van der Waals surface area contributed by atoms with Crippen LogP contribution in [0.1, 0.15) is 27.0 Å². The lowest BCUT2D eigenvalue weighted by Gasteiger charge is -2.13. The molecule has 0 heterocycles. The highest BCUT2D eigenvalue weighted by molar-refractivity contribution is 7.93. The Hall–Kier alpha value is -2.36. The molecule has 146 valence electrons. The standard InChI is InChI=1S/C17H13F6NO2S/c1-10-3-5-14(6-4-10)27(2,26)24-15(25)11-7-12(16(18,19)20)9-13(8-11)17(21,22)23/h3-9H,1-2H3/t27-/m1/s1. The highest BCUT2D eigenvalue weighted by atomic mass is 32.2. The molecule has 0 fully saturated rings. The largest absolute Gasteiger partial charge is 0.416 e. The number of carbonyl (C=O) groups is 1. The molecule has 27 heavy (non-hydrogen) atoms. The van der Waals surface area contributed by atoms with Crippen molar-refractivity contribution in [3.63, 3.8) is 0 Å². The minimum atomic E-state index is -5.10. The van der Waals surface area contributed by atoms with E-state index in [0.717, 1.165) is 11.8 Å². The van der Waals surface area contributed by atoms with E-state index in [1.807, 2.05) is 0 Å². The zero-order valence-corrected chi connectivity index (χ0v) is 14.8. The van der Waals surface area contributed by atoms with Gasteiger partial charge in [0.1, 0.15) is 0 Å². The average Bonchev–Trinajstić information content (AvgIpc) is 2.52. The molecule has 0 saturated heterocycles. The van der Waals surface area contributed by atoms with E-state index in [2.05, 4.69) is 4.36 Å². The summed E-state index contributed by atoms with van der Waals surface area (Å²) in [7, 11) is -3.36. The fraction of sp³-hybridized carbons (Fsp3) is 0.235. The maximum Gasteiger partial charge on any atom is 0.416 e. The van der Waals surface area contributed by atoms with Gasteiger partial charge in [0.15, 0.2) is 0 Å². The Kier molecular flexibility index (Phi) is 5.42. The van der Waals surface area contributed by atoms with Crippen LogP contribution in [-0.2, 0) is 22.1 Å². The number of hydrogen-bond donors (Lipinski definition) is 0. The van der Waals surface area contributed by atoms with Crippen molar-refractivity contribution in [1.82, 2.24) is 0 Å². The minimum Gasteiger partial charge on any atom is -0.266 e. The summed E-state index contributed by atoms with van der Waals surface area (Å²) in [6, 6.07) is 6.43. The summed E-state index contributed by atoms with van der Waals surface area (Å²) < 4.78 is 93.2. The quantitative estimate of drug-likeness (QED) is 0.630. The second-order valence-corrected chi connectivity index (χ2v) is 8.07. The second-order valence-electron chi connectivity index (χ2n) is 5.81. The molecule has 0 aliphatic carbocycles. The zero-order valence-electron chi connectivity index (χ0n) is 14.0. The van der Waals surface area contributed by atoms with Crippen molar-refractivity contribution in [1.29, 1.82) is 0 Å². The summed E-state index contributed by atoms with van der Waals surface area (Å²) in [5.74, 6) is -1.43. The van der Waals surface area contributed by atoms with Gasteiger partial charge < -0.3 is 0 Å². The van der Waals surface area contributed by atoms with Crippen LogP contribution in [-0.4, -0.2) is 16.4 Å². The first kappa shape index (κ1) is 20.9. The number of halogens is 6. The molecule has 0 radical (unpaired) electrons. The molecule has 10 heteroatoms. The molecule has 2 aromatic carbocycles. The number of carbonyl (C=O) groups excluding carboxylic acids is 1. The molecule has 1 atom stereocenters. The molecule has 1 amide bonds. The second kappa shape index (κ2) is 6.99. The van der Waals surface area contributed by atoms with E-state index in [-0.39, 0.29) is 23.1 Å². The third-order valence-electron chi connectivity index (χ3n) is 3.55. The maximum atomic E-state index is 12.9. The zero-order chi connectivity index (χ0) is 20.6. The van der Waals surface area contributed by atoms with Gasteiger partial charge in [0.05, 0.1) is 20.9 Å². The van der Waals surface area contributed by atoms with Gasteiger partial charge in [-0.25, -0.2) is 4.21 Å². The topological polar surface area (TPSA) is 46.5 Å². The summed E-state index contributed by atoms with van der Waals surface area (Å²) in [4.78, 5) is 12.3.